The molecule has 17 heavy (non-hydrogen) atoms. The van der Waals surface area contributed by atoms with Crippen LogP contribution in [0, 0.1) is 0 Å². The van der Waals surface area contributed by atoms with Crippen LogP contribution in [0.1, 0.15) is 12.5 Å². The fraction of sp³-hybridized carbons (Fsp3) is 0.400. The summed E-state index contributed by atoms with van der Waals surface area (Å²) in [4.78, 5) is 0. The van der Waals surface area contributed by atoms with Crippen LogP contribution in [0.25, 0.3) is 0 Å². The van der Waals surface area contributed by atoms with Crippen molar-refractivity contribution < 1.29 is 22.3 Å². The number of nitrogen functional groups attached to an aromatic ring is 1. The molecule has 0 saturated heterocycles. The van der Waals surface area contributed by atoms with E-state index in [1.807, 2.05) is 0 Å². The summed E-state index contributed by atoms with van der Waals surface area (Å²) in [6.07, 6.45) is -4.55. The molecule has 0 radical (unpaired) electrons. The molecule has 0 aromatic heterocycles. The van der Waals surface area contributed by atoms with Gasteiger partial charge in [-0.25, -0.2) is 0 Å². The van der Waals surface area contributed by atoms with Crippen LogP contribution in [-0.2, 0) is 11.3 Å². The molecule has 1 aromatic carbocycles. The Morgan fingerprint density at radius 2 is 1.88 bits per heavy atom. The molecular formula is C10H10ClF4NO. The SMILES string of the molecule is CC(F)(F)C(F)(F)OCc1cc(N)ccc1Cl. The van der Waals surface area contributed by atoms with Gasteiger partial charge < -0.3 is 10.5 Å². The number of rotatable bonds is 4. The van der Waals surface area contributed by atoms with Gasteiger partial charge in [-0.3, -0.25) is 0 Å². The summed E-state index contributed by atoms with van der Waals surface area (Å²) in [6.45, 7) is -0.672. The van der Waals surface area contributed by atoms with Crippen molar-refractivity contribution in [3.63, 3.8) is 0 Å². The van der Waals surface area contributed by atoms with E-state index in [-0.39, 0.29) is 23.2 Å². The average molecular weight is 272 g/mol. The first-order chi connectivity index (χ1) is 7.63. The molecule has 2 N–H and O–H groups in total. The Kier molecular flexibility index (Phi) is 3.88. The topological polar surface area (TPSA) is 35.2 Å². The van der Waals surface area contributed by atoms with Crippen molar-refractivity contribution in [2.45, 2.75) is 25.6 Å². The Balaban J connectivity index is 2.77. The molecule has 7 heteroatoms. The molecule has 96 valence electrons. The molecule has 1 rings (SSSR count). The second-order valence-corrected chi connectivity index (χ2v) is 3.95. The maximum absolute atomic E-state index is 12.8. The van der Waals surface area contributed by atoms with Crippen LogP contribution in [0.15, 0.2) is 18.2 Å². The van der Waals surface area contributed by atoms with Crippen LogP contribution in [0.5, 0.6) is 0 Å². The zero-order valence-electron chi connectivity index (χ0n) is 8.81. The lowest BCUT2D eigenvalue weighted by Gasteiger charge is -2.23. The summed E-state index contributed by atoms with van der Waals surface area (Å²) < 4.78 is 54.4. The van der Waals surface area contributed by atoms with Crippen molar-refractivity contribution in [3.05, 3.63) is 28.8 Å². The van der Waals surface area contributed by atoms with Crippen LogP contribution in [0.3, 0.4) is 0 Å². The van der Waals surface area contributed by atoms with Gasteiger partial charge in [0, 0.05) is 17.6 Å². The molecule has 1 aromatic rings. The largest absolute Gasteiger partial charge is 0.419 e. The summed E-state index contributed by atoms with van der Waals surface area (Å²) >= 11 is 5.67. The van der Waals surface area contributed by atoms with Crippen LogP contribution >= 0.6 is 11.6 Å². The number of anilines is 1. The van der Waals surface area contributed by atoms with Crippen molar-refractivity contribution in [2.24, 2.45) is 0 Å². The molecule has 0 spiro atoms. The number of benzene rings is 1. The van der Waals surface area contributed by atoms with Gasteiger partial charge in [-0.2, -0.15) is 17.6 Å². The highest BCUT2D eigenvalue weighted by Gasteiger charge is 2.53. The van der Waals surface area contributed by atoms with Gasteiger partial charge in [0.15, 0.2) is 0 Å². The van der Waals surface area contributed by atoms with Crippen molar-refractivity contribution in [2.75, 3.05) is 5.73 Å². The minimum Gasteiger partial charge on any atom is -0.399 e. The Labute approximate surface area is 100 Å². The molecule has 2 nitrogen and oxygen atoms in total. The highest BCUT2D eigenvalue weighted by atomic mass is 35.5. The van der Waals surface area contributed by atoms with Crippen LogP contribution in [0.4, 0.5) is 23.2 Å². The summed E-state index contributed by atoms with van der Waals surface area (Å²) in [5.41, 5.74) is 5.80. The molecule has 0 aliphatic carbocycles. The summed E-state index contributed by atoms with van der Waals surface area (Å²) in [6, 6.07) is 4.11. The standard InChI is InChI=1S/C10H10ClF4NO/c1-9(12,13)10(14,15)17-5-6-4-7(16)2-3-8(6)11/h2-4H,5,16H2,1H3. The number of halogens is 5. The third-order valence-corrected chi connectivity index (χ3v) is 2.36. The van der Waals surface area contributed by atoms with Crippen LogP contribution in [0.2, 0.25) is 5.02 Å². The van der Waals surface area contributed by atoms with E-state index in [4.69, 9.17) is 17.3 Å². The number of nitrogens with two attached hydrogens (primary N) is 1. The van der Waals surface area contributed by atoms with E-state index in [2.05, 4.69) is 4.74 Å². The highest BCUT2D eigenvalue weighted by Crippen LogP contribution is 2.35. The first-order valence-electron chi connectivity index (χ1n) is 4.57. The van der Waals surface area contributed by atoms with Gasteiger partial charge >= 0.3 is 12.0 Å². The lowest BCUT2D eigenvalue weighted by atomic mass is 10.2. The molecule has 0 saturated carbocycles. The van der Waals surface area contributed by atoms with E-state index >= 15 is 0 Å². The van der Waals surface area contributed by atoms with Crippen molar-refractivity contribution in [1.29, 1.82) is 0 Å². The maximum Gasteiger partial charge on any atom is 0.419 e. The van der Waals surface area contributed by atoms with Gasteiger partial charge in [0.2, 0.25) is 0 Å². The molecule has 0 atom stereocenters. The van der Waals surface area contributed by atoms with Gasteiger partial charge in [0.1, 0.15) is 0 Å². The molecule has 0 unspecified atom stereocenters. The normalized spacial score (nSPS) is 12.8. The van der Waals surface area contributed by atoms with Crippen LogP contribution < -0.4 is 5.73 Å². The number of hydrogen-bond donors (Lipinski definition) is 1. The zero-order valence-corrected chi connectivity index (χ0v) is 9.57. The number of alkyl halides is 4. The summed E-state index contributed by atoms with van der Waals surface area (Å²) in [5.74, 6) is -4.26. The van der Waals surface area contributed by atoms with Gasteiger partial charge in [-0.05, 0) is 23.8 Å². The first-order valence-corrected chi connectivity index (χ1v) is 4.95. The fourth-order valence-electron chi connectivity index (χ4n) is 1.00. The molecular weight excluding hydrogens is 262 g/mol. The lowest BCUT2D eigenvalue weighted by molar-refractivity contribution is -0.345. The Hall–Kier alpha value is -1.01. The minimum absolute atomic E-state index is 0.0773. The maximum atomic E-state index is 12.8. The quantitative estimate of drug-likeness (QED) is 0.670. The van der Waals surface area contributed by atoms with Crippen LogP contribution in [-0.4, -0.2) is 12.0 Å². The van der Waals surface area contributed by atoms with Gasteiger partial charge in [-0.15, -0.1) is 0 Å². The van der Waals surface area contributed by atoms with Gasteiger partial charge in [0.25, 0.3) is 0 Å². The lowest BCUT2D eigenvalue weighted by Crippen LogP contribution is -2.40. The zero-order chi connectivity index (χ0) is 13.3. The monoisotopic (exact) mass is 271 g/mol. The van der Waals surface area contributed by atoms with Crippen molar-refractivity contribution >= 4 is 17.3 Å². The molecule has 0 heterocycles. The Bertz CT molecular complexity index is 406. The Morgan fingerprint density at radius 1 is 1.29 bits per heavy atom. The fourth-order valence-corrected chi connectivity index (χ4v) is 1.17. The third kappa shape index (κ3) is 3.47. The smallest absolute Gasteiger partial charge is 0.399 e. The van der Waals surface area contributed by atoms with E-state index in [0.717, 1.165) is 0 Å². The van der Waals surface area contributed by atoms with Crippen molar-refractivity contribution in [3.8, 4) is 0 Å². The average Bonchev–Trinajstić information content (AvgIpc) is 2.18. The van der Waals surface area contributed by atoms with Gasteiger partial charge in [0.05, 0.1) is 6.61 Å². The predicted octanol–water partition coefficient (Wildman–Crippen LogP) is 3.69. The minimum atomic E-state index is -4.55. The first kappa shape index (κ1) is 14.1. The van der Waals surface area contributed by atoms with E-state index < -0.39 is 18.6 Å². The van der Waals surface area contributed by atoms with E-state index in [1.165, 1.54) is 18.2 Å². The van der Waals surface area contributed by atoms with E-state index in [9.17, 15) is 17.6 Å². The predicted molar refractivity (Wildman–Crippen MR) is 56.2 cm³/mol. The number of hydrogen-bond acceptors (Lipinski definition) is 2. The van der Waals surface area contributed by atoms with Crippen molar-refractivity contribution in [1.82, 2.24) is 0 Å². The highest BCUT2D eigenvalue weighted by molar-refractivity contribution is 6.31. The summed E-state index contributed by atoms with van der Waals surface area (Å²) in [7, 11) is 0. The van der Waals surface area contributed by atoms with E-state index in [1.54, 1.807) is 0 Å². The molecule has 0 aliphatic heterocycles. The molecule has 0 amide bonds. The third-order valence-electron chi connectivity index (χ3n) is 1.99. The van der Waals surface area contributed by atoms with E-state index in [0.29, 0.717) is 0 Å². The summed E-state index contributed by atoms with van der Waals surface area (Å²) in [5, 5.41) is 0.120. The molecule has 0 aliphatic rings. The second kappa shape index (κ2) is 4.70. The number of ether oxygens (including phenoxy) is 1. The molecule has 0 bridgehead atoms. The van der Waals surface area contributed by atoms with Gasteiger partial charge in [-0.1, -0.05) is 11.6 Å². The molecule has 0 fully saturated rings. The Morgan fingerprint density at radius 3 is 2.41 bits per heavy atom. The second-order valence-electron chi connectivity index (χ2n) is 3.54.